The maximum atomic E-state index is 12.6. The van der Waals surface area contributed by atoms with Crippen molar-refractivity contribution in [3.63, 3.8) is 0 Å². The molecule has 150 valence electrons. The number of benzene rings is 1. The Morgan fingerprint density at radius 2 is 1.74 bits per heavy atom. The van der Waals surface area contributed by atoms with E-state index in [4.69, 9.17) is 11.6 Å². The Bertz CT molecular complexity index is 785. The van der Waals surface area contributed by atoms with E-state index in [1.54, 1.807) is 43.0 Å². The van der Waals surface area contributed by atoms with E-state index in [1.807, 2.05) is 0 Å². The maximum absolute atomic E-state index is 12.6. The highest BCUT2D eigenvalue weighted by Crippen LogP contribution is 2.20. The summed E-state index contributed by atoms with van der Waals surface area (Å²) in [5, 5.41) is 3.01. The van der Waals surface area contributed by atoms with Gasteiger partial charge >= 0.3 is 0 Å². The number of nitrogens with zero attached hydrogens (tertiary/aromatic N) is 1. The molecular weight excluding hydrogens is 390 g/mol. The summed E-state index contributed by atoms with van der Waals surface area (Å²) in [7, 11) is -3.35. The number of likely N-dealkylation sites (tertiary alicyclic amines) is 1. The summed E-state index contributed by atoms with van der Waals surface area (Å²) >= 11 is 5.83. The number of hydrogen-bond acceptors (Lipinski definition) is 4. The van der Waals surface area contributed by atoms with E-state index in [1.165, 1.54) is 0 Å². The van der Waals surface area contributed by atoms with E-state index in [0.29, 0.717) is 37.2 Å². The van der Waals surface area contributed by atoms with Crippen LogP contribution in [0.1, 0.15) is 37.0 Å². The number of sulfonamides is 1. The first-order valence-electron chi connectivity index (χ1n) is 8.76. The quantitative estimate of drug-likeness (QED) is 0.695. The fraction of sp³-hybridized carbons (Fsp3) is 0.556. The molecule has 7 nitrogen and oxygen atoms in total. The van der Waals surface area contributed by atoms with E-state index in [2.05, 4.69) is 10.0 Å². The van der Waals surface area contributed by atoms with E-state index in [9.17, 15) is 18.0 Å². The Hall–Kier alpha value is -1.80. The monoisotopic (exact) mass is 415 g/mol. The summed E-state index contributed by atoms with van der Waals surface area (Å²) in [5.74, 6) is 0.0726. The number of carbonyl (C=O) groups excluding carboxylic acids is 2. The predicted octanol–water partition coefficient (Wildman–Crippen LogP) is 2.04. The highest BCUT2D eigenvalue weighted by atomic mass is 35.5. The molecular formula is C18H26ClN3O4S. The van der Waals surface area contributed by atoms with E-state index in [0.717, 1.165) is 6.26 Å². The van der Waals surface area contributed by atoms with Crippen molar-refractivity contribution in [2.45, 2.75) is 32.7 Å². The van der Waals surface area contributed by atoms with Gasteiger partial charge in [-0.25, -0.2) is 8.42 Å². The topological polar surface area (TPSA) is 95.6 Å². The lowest BCUT2D eigenvalue weighted by molar-refractivity contribution is -0.129. The molecule has 1 aliphatic rings. The van der Waals surface area contributed by atoms with Crippen LogP contribution in [0.3, 0.4) is 0 Å². The summed E-state index contributed by atoms with van der Waals surface area (Å²) in [5.41, 5.74) is 0.299. The lowest BCUT2D eigenvalue weighted by Crippen LogP contribution is -2.49. The van der Waals surface area contributed by atoms with Crippen LogP contribution in [-0.2, 0) is 14.8 Å². The molecule has 0 bridgehead atoms. The van der Waals surface area contributed by atoms with Crippen LogP contribution in [0.25, 0.3) is 0 Å². The molecule has 1 aliphatic heterocycles. The molecule has 2 N–H and O–H groups in total. The smallest absolute Gasteiger partial charge is 0.253 e. The molecule has 0 atom stereocenters. The Kier molecular flexibility index (Phi) is 6.75. The Morgan fingerprint density at radius 1 is 1.19 bits per heavy atom. The van der Waals surface area contributed by atoms with Gasteiger partial charge in [-0.1, -0.05) is 0 Å². The zero-order valence-electron chi connectivity index (χ0n) is 15.8. The van der Waals surface area contributed by atoms with Gasteiger partial charge in [0.15, 0.2) is 0 Å². The van der Waals surface area contributed by atoms with Gasteiger partial charge < -0.3 is 10.2 Å². The summed E-state index contributed by atoms with van der Waals surface area (Å²) in [4.78, 5) is 26.6. The number of hydrogen-bond donors (Lipinski definition) is 2. The van der Waals surface area contributed by atoms with Gasteiger partial charge in [0.2, 0.25) is 15.9 Å². The zero-order valence-corrected chi connectivity index (χ0v) is 17.4. The molecule has 0 aliphatic carbocycles. The van der Waals surface area contributed by atoms with Crippen molar-refractivity contribution < 1.29 is 18.0 Å². The van der Waals surface area contributed by atoms with Crippen molar-refractivity contribution in [3.05, 3.63) is 29.8 Å². The molecule has 1 saturated heterocycles. The van der Waals surface area contributed by atoms with Crippen molar-refractivity contribution in [1.82, 2.24) is 10.2 Å². The minimum Gasteiger partial charge on any atom is -0.353 e. The standard InChI is InChI=1S/C18H26ClN3O4S/c1-18(2,12-19)17(24)20-14-8-10-22(11-9-14)16(23)13-4-6-15(7-5-13)21-27(3,25)26/h4-7,14,21H,8-12H2,1-3H3,(H,20,24). The molecule has 1 heterocycles. The lowest BCUT2D eigenvalue weighted by atomic mass is 9.93. The molecule has 0 unspecified atom stereocenters. The molecule has 2 amide bonds. The molecule has 1 fully saturated rings. The summed E-state index contributed by atoms with van der Waals surface area (Å²) < 4.78 is 24.8. The van der Waals surface area contributed by atoms with Crippen molar-refractivity contribution in [1.29, 1.82) is 0 Å². The Morgan fingerprint density at radius 3 is 2.22 bits per heavy atom. The van der Waals surface area contributed by atoms with Gasteiger partial charge in [0.25, 0.3) is 5.91 Å². The second-order valence-electron chi connectivity index (χ2n) is 7.51. The zero-order chi connectivity index (χ0) is 20.2. The Labute approximate surface area is 165 Å². The van der Waals surface area contributed by atoms with Crippen LogP contribution in [-0.4, -0.2) is 56.4 Å². The third-order valence-corrected chi connectivity index (χ3v) is 5.78. The average Bonchev–Trinajstić information content (AvgIpc) is 2.61. The van der Waals surface area contributed by atoms with Gasteiger partial charge in [-0.2, -0.15) is 0 Å². The molecule has 0 aromatic heterocycles. The molecule has 1 aromatic rings. The van der Waals surface area contributed by atoms with Gasteiger partial charge in [0.1, 0.15) is 0 Å². The molecule has 0 saturated carbocycles. The minimum absolute atomic E-state index is 0.0328. The number of piperidine rings is 1. The fourth-order valence-corrected chi connectivity index (χ4v) is 3.43. The molecule has 0 spiro atoms. The number of carbonyl (C=O) groups is 2. The average molecular weight is 416 g/mol. The number of amides is 2. The normalized spacial score (nSPS) is 16.1. The van der Waals surface area contributed by atoms with Crippen LogP contribution in [0, 0.1) is 5.41 Å². The third kappa shape index (κ3) is 6.10. The largest absolute Gasteiger partial charge is 0.353 e. The van der Waals surface area contributed by atoms with Crippen LogP contribution < -0.4 is 10.0 Å². The van der Waals surface area contributed by atoms with Crippen molar-refractivity contribution in [3.8, 4) is 0 Å². The number of alkyl halides is 1. The SMILES string of the molecule is CC(C)(CCl)C(=O)NC1CCN(C(=O)c2ccc(NS(C)(=O)=O)cc2)CC1. The highest BCUT2D eigenvalue weighted by Gasteiger charge is 2.30. The second kappa shape index (κ2) is 8.48. The minimum atomic E-state index is -3.35. The molecule has 9 heteroatoms. The Balaban J connectivity index is 1.90. The third-order valence-electron chi connectivity index (χ3n) is 4.50. The first-order chi connectivity index (χ1) is 12.5. The van der Waals surface area contributed by atoms with Crippen LogP contribution in [0.2, 0.25) is 0 Å². The van der Waals surface area contributed by atoms with Gasteiger partial charge in [-0.3, -0.25) is 14.3 Å². The summed E-state index contributed by atoms with van der Waals surface area (Å²) in [6.07, 6.45) is 2.44. The van der Waals surface area contributed by atoms with Crippen molar-refractivity contribution in [2.75, 3.05) is 29.9 Å². The summed E-state index contributed by atoms with van der Waals surface area (Å²) in [6.45, 7) is 4.70. The van der Waals surface area contributed by atoms with Gasteiger partial charge in [0.05, 0.1) is 11.7 Å². The van der Waals surface area contributed by atoms with E-state index < -0.39 is 15.4 Å². The van der Waals surface area contributed by atoms with Gasteiger partial charge in [-0.15, -0.1) is 11.6 Å². The van der Waals surface area contributed by atoms with Crippen LogP contribution in [0.5, 0.6) is 0 Å². The molecule has 27 heavy (non-hydrogen) atoms. The molecule has 2 rings (SSSR count). The van der Waals surface area contributed by atoms with Crippen LogP contribution >= 0.6 is 11.6 Å². The number of halogens is 1. The van der Waals surface area contributed by atoms with Gasteiger partial charge in [-0.05, 0) is 51.0 Å². The van der Waals surface area contributed by atoms with Crippen molar-refractivity contribution in [2.24, 2.45) is 5.41 Å². The lowest BCUT2D eigenvalue weighted by Gasteiger charge is -2.34. The number of nitrogens with one attached hydrogen (secondary N) is 2. The first kappa shape index (κ1) is 21.5. The highest BCUT2D eigenvalue weighted by molar-refractivity contribution is 7.92. The van der Waals surface area contributed by atoms with E-state index in [-0.39, 0.29) is 23.7 Å². The van der Waals surface area contributed by atoms with E-state index >= 15 is 0 Å². The van der Waals surface area contributed by atoms with Gasteiger partial charge in [0, 0.05) is 36.3 Å². The maximum Gasteiger partial charge on any atom is 0.253 e. The van der Waals surface area contributed by atoms with Crippen LogP contribution in [0.15, 0.2) is 24.3 Å². The predicted molar refractivity (Wildman–Crippen MR) is 106 cm³/mol. The molecule has 1 aromatic carbocycles. The molecule has 0 radical (unpaired) electrons. The van der Waals surface area contributed by atoms with Crippen molar-refractivity contribution >= 4 is 39.1 Å². The number of rotatable bonds is 6. The first-order valence-corrected chi connectivity index (χ1v) is 11.2. The summed E-state index contributed by atoms with van der Waals surface area (Å²) in [6, 6.07) is 6.37. The van der Waals surface area contributed by atoms with Crippen LogP contribution in [0.4, 0.5) is 5.69 Å². The number of anilines is 1. The second-order valence-corrected chi connectivity index (χ2v) is 9.52. The fourth-order valence-electron chi connectivity index (χ4n) is 2.75.